The lowest BCUT2D eigenvalue weighted by molar-refractivity contribution is -0.144. The van der Waals surface area contributed by atoms with Gasteiger partial charge < -0.3 is 19.5 Å². The molecule has 92 valence electrons. The molecule has 3 unspecified atom stereocenters. The number of carbonyl (C=O) groups excluding carboxylic acids is 1. The van der Waals surface area contributed by atoms with Gasteiger partial charge in [0, 0.05) is 13.1 Å². The summed E-state index contributed by atoms with van der Waals surface area (Å²) in [5.74, 6) is 0.138. The molecule has 2 heterocycles. The molecule has 0 radical (unpaired) electrons. The third kappa shape index (κ3) is 2.53. The first-order chi connectivity index (χ1) is 7.70. The smallest absolute Gasteiger partial charge is 0.228 e. The molecule has 16 heavy (non-hydrogen) atoms. The van der Waals surface area contributed by atoms with Gasteiger partial charge in [0.25, 0.3) is 0 Å². The van der Waals surface area contributed by atoms with E-state index in [1.165, 1.54) is 0 Å². The Balaban J connectivity index is 1.89. The fourth-order valence-electron chi connectivity index (χ4n) is 2.28. The minimum Gasteiger partial charge on any atom is -0.394 e. The van der Waals surface area contributed by atoms with Crippen molar-refractivity contribution in [3.63, 3.8) is 0 Å². The Morgan fingerprint density at radius 2 is 2.31 bits per heavy atom. The van der Waals surface area contributed by atoms with Crippen LogP contribution < -0.4 is 0 Å². The standard InChI is InChI=1S/C11H19NO4/c1-8-4-9(7-16-8)11(14)12-2-3-15-10(5-12)6-13/h8-10,13H,2-7H2,1H3. The molecule has 0 aromatic heterocycles. The van der Waals surface area contributed by atoms with Crippen molar-refractivity contribution >= 4 is 5.91 Å². The monoisotopic (exact) mass is 229 g/mol. The van der Waals surface area contributed by atoms with Gasteiger partial charge in [-0.25, -0.2) is 0 Å². The van der Waals surface area contributed by atoms with Crippen LogP contribution in [0.3, 0.4) is 0 Å². The Morgan fingerprint density at radius 1 is 1.50 bits per heavy atom. The molecule has 2 aliphatic heterocycles. The number of nitrogens with zero attached hydrogens (tertiary/aromatic N) is 1. The van der Waals surface area contributed by atoms with E-state index in [2.05, 4.69) is 0 Å². The second-order valence-corrected chi connectivity index (χ2v) is 4.54. The molecule has 3 atom stereocenters. The Kier molecular flexibility index (Phi) is 3.78. The second-order valence-electron chi connectivity index (χ2n) is 4.54. The average molecular weight is 229 g/mol. The molecule has 1 amide bonds. The van der Waals surface area contributed by atoms with Crippen LogP contribution in [0, 0.1) is 5.92 Å². The van der Waals surface area contributed by atoms with Gasteiger partial charge in [-0.15, -0.1) is 0 Å². The highest BCUT2D eigenvalue weighted by molar-refractivity contribution is 5.79. The predicted molar refractivity (Wildman–Crippen MR) is 56.9 cm³/mol. The van der Waals surface area contributed by atoms with Crippen LogP contribution in [0.2, 0.25) is 0 Å². The summed E-state index contributed by atoms with van der Waals surface area (Å²) in [5.41, 5.74) is 0. The highest BCUT2D eigenvalue weighted by atomic mass is 16.5. The Morgan fingerprint density at radius 3 is 2.94 bits per heavy atom. The van der Waals surface area contributed by atoms with Crippen LogP contribution in [0.5, 0.6) is 0 Å². The van der Waals surface area contributed by atoms with Crippen LogP contribution >= 0.6 is 0 Å². The zero-order valence-corrected chi connectivity index (χ0v) is 9.59. The Hall–Kier alpha value is -0.650. The second kappa shape index (κ2) is 5.12. The maximum atomic E-state index is 12.1. The van der Waals surface area contributed by atoms with E-state index < -0.39 is 0 Å². The van der Waals surface area contributed by atoms with Crippen molar-refractivity contribution in [3.05, 3.63) is 0 Å². The molecule has 2 aliphatic rings. The first-order valence-electron chi connectivity index (χ1n) is 5.83. The third-order valence-electron chi connectivity index (χ3n) is 3.20. The molecular formula is C11H19NO4. The minimum atomic E-state index is -0.225. The van der Waals surface area contributed by atoms with Crippen molar-refractivity contribution < 1.29 is 19.4 Å². The van der Waals surface area contributed by atoms with Gasteiger partial charge in [-0.2, -0.15) is 0 Å². The lowest BCUT2D eigenvalue weighted by Gasteiger charge is -2.33. The highest BCUT2D eigenvalue weighted by Gasteiger charge is 2.33. The van der Waals surface area contributed by atoms with Crippen LogP contribution in [0.1, 0.15) is 13.3 Å². The molecule has 2 saturated heterocycles. The average Bonchev–Trinajstić information content (AvgIpc) is 2.75. The van der Waals surface area contributed by atoms with Crippen LogP contribution in [0.15, 0.2) is 0 Å². The summed E-state index contributed by atoms with van der Waals surface area (Å²) in [6, 6.07) is 0. The summed E-state index contributed by atoms with van der Waals surface area (Å²) < 4.78 is 10.7. The van der Waals surface area contributed by atoms with Crippen molar-refractivity contribution in [1.82, 2.24) is 4.90 Å². The number of aliphatic hydroxyl groups excluding tert-OH is 1. The topological polar surface area (TPSA) is 59.0 Å². The molecule has 5 heteroatoms. The maximum Gasteiger partial charge on any atom is 0.228 e. The van der Waals surface area contributed by atoms with E-state index in [9.17, 15) is 4.79 Å². The van der Waals surface area contributed by atoms with Gasteiger partial charge in [0.2, 0.25) is 5.91 Å². The molecule has 0 aromatic carbocycles. The number of ether oxygens (including phenoxy) is 2. The quantitative estimate of drug-likeness (QED) is 0.702. The van der Waals surface area contributed by atoms with E-state index in [0.717, 1.165) is 6.42 Å². The summed E-state index contributed by atoms with van der Waals surface area (Å²) in [5, 5.41) is 9.01. The lowest BCUT2D eigenvalue weighted by Crippen LogP contribution is -2.49. The van der Waals surface area contributed by atoms with Gasteiger partial charge in [0.15, 0.2) is 0 Å². The van der Waals surface area contributed by atoms with E-state index in [1.807, 2.05) is 6.92 Å². The van der Waals surface area contributed by atoms with Crippen molar-refractivity contribution in [2.45, 2.75) is 25.6 Å². The van der Waals surface area contributed by atoms with Crippen molar-refractivity contribution in [3.8, 4) is 0 Å². The van der Waals surface area contributed by atoms with Gasteiger partial charge in [0.05, 0.1) is 37.9 Å². The van der Waals surface area contributed by atoms with E-state index in [0.29, 0.717) is 26.3 Å². The van der Waals surface area contributed by atoms with E-state index in [1.54, 1.807) is 4.90 Å². The largest absolute Gasteiger partial charge is 0.394 e. The van der Waals surface area contributed by atoms with Gasteiger partial charge >= 0.3 is 0 Å². The van der Waals surface area contributed by atoms with Crippen LogP contribution in [0.4, 0.5) is 0 Å². The number of rotatable bonds is 2. The van der Waals surface area contributed by atoms with E-state index >= 15 is 0 Å². The summed E-state index contributed by atoms with van der Waals surface area (Å²) >= 11 is 0. The number of hydrogen-bond donors (Lipinski definition) is 1. The number of aliphatic hydroxyl groups is 1. The third-order valence-corrected chi connectivity index (χ3v) is 3.20. The molecule has 5 nitrogen and oxygen atoms in total. The van der Waals surface area contributed by atoms with E-state index in [4.69, 9.17) is 14.6 Å². The molecule has 0 saturated carbocycles. The van der Waals surface area contributed by atoms with Crippen LogP contribution in [0.25, 0.3) is 0 Å². The number of carbonyl (C=O) groups is 1. The lowest BCUT2D eigenvalue weighted by atomic mass is 10.0. The van der Waals surface area contributed by atoms with Crippen LogP contribution in [-0.4, -0.2) is 61.0 Å². The number of morpholine rings is 1. The molecule has 1 N–H and O–H groups in total. The fraction of sp³-hybridized carbons (Fsp3) is 0.909. The maximum absolute atomic E-state index is 12.1. The van der Waals surface area contributed by atoms with Crippen molar-refractivity contribution in [2.24, 2.45) is 5.92 Å². The first-order valence-corrected chi connectivity index (χ1v) is 5.83. The van der Waals surface area contributed by atoms with Gasteiger partial charge in [-0.1, -0.05) is 0 Å². The summed E-state index contributed by atoms with van der Waals surface area (Å²) in [6.07, 6.45) is 0.765. The van der Waals surface area contributed by atoms with Gasteiger partial charge in [-0.3, -0.25) is 4.79 Å². The molecule has 2 rings (SSSR count). The summed E-state index contributed by atoms with van der Waals surface area (Å²) in [4.78, 5) is 13.9. The first kappa shape index (κ1) is 11.8. The zero-order chi connectivity index (χ0) is 11.5. The van der Waals surface area contributed by atoms with Gasteiger partial charge in [-0.05, 0) is 13.3 Å². The molecule has 0 aliphatic carbocycles. The minimum absolute atomic E-state index is 0.00700. The molecule has 0 spiro atoms. The number of amides is 1. The number of hydrogen-bond acceptors (Lipinski definition) is 4. The summed E-state index contributed by atoms with van der Waals surface area (Å²) in [7, 11) is 0. The fourth-order valence-corrected chi connectivity index (χ4v) is 2.28. The van der Waals surface area contributed by atoms with Gasteiger partial charge in [0.1, 0.15) is 0 Å². The Bertz CT molecular complexity index is 258. The molecule has 0 aromatic rings. The zero-order valence-electron chi connectivity index (χ0n) is 9.59. The predicted octanol–water partition coefficient (Wildman–Crippen LogP) is -0.369. The van der Waals surface area contributed by atoms with Crippen LogP contribution in [-0.2, 0) is 14.3 Å². The highest BCUT2D eigenvalue weighted by Crippen LogP contribution is 2.22. The molecule has 0 bridgehead atoms. The Labute approximate surface area is 95.3 Å². The SMILES string of the molecule is CC1CC(C(=O)N2CCOC(CO)C2)CO1. The molecular weight excluding hydrogens is 210 g/mol. The summed E-state index contributed by atoms with van der Waals surface area (Å²) in [6.45, 7) is 4.13. The van der Waals surface area contributed by atoms with E-state index in [-0.39, 0.29) is 30.6 Å². The van der Waals surface area contributed by atoms with Crippen molar-refractivity contribution in [1.29, 1.82) is 0 Å². The van der Waals surface area contributed by atoms with Crippen molar-refractivity contribution in [2.75, 3.05) is 32.9 Å². The normalized spacial score (nSPS) is 35.4. The molecule has 2 fully saturated rings.